The lowest BCUT2D eigenvalue weighted by Crippen LogP contribution is -2.14. The Hall–Kier alpha value is -5.58. The number of ether oxygens (including phenoxy) is 3. The van der Waals surface area contributed by atoms with E-state index in [9.17, 15) is 9.59 Å². The van der Waals surface area contributed by atoms with Crippen molar-refractivity contribution in [2.24, 2.45) is 30.7 Å². The SMILES string of the molecule is CCOC(=O)CCc1ccc(N=Nc2ccc(N=Nc3ccc(N=Nc4ccc(OCC(=O)OCC)cc4)cc3)c(C)c2)cc1. The average molecular weight is 607 g/mol. The van der Waals surface area contributed by atoms with Crippen molar-refractivity contribution in [3.63, 3.8) is 0 Å². The highest BCUT2D eigenvalue weighted by atomic mass is 16.6. The third-order valence-corrected chi connectivity index (χ3v) is 6.22. The summed E-state index contributed by atoms with van der Waals surface area (Å²) in [6.45, 7) is 6.04. The highest BCUT2D eigenvalue weighted by molar-refractivity contribution is 5.71. The Morgan fingerprint density at radius 2 is 1.04 bits per heavy atom. The molecular formula is C34H34N6O5. The van der Waals surface area contributed by atoms with Gasteiger partial charge in [-0.3, -0.25) is 4.79 Å². The number of hydrogen-bond donors (Lipinski definition) is 0. The maximum absolute atomic E-state index is 11.5. The van der Waals surface area contributed by atoms with Crippen LogP contribution < -0.4 is 4.74 Å². The van der Waals surface area contributed by atoms with Crippen molar-refractivity contribution in [3.8, 4) is 5.75 Å². The van der Waals surface area contributed by atoms with Crippen LogP contribution in [0.25, 0.3) is 0 Å². The number of esters is 2. The van der Waals surface area contributed by atoms with Crippen molar-refractivity contribution in [3.05, 3.63) is 102 Å². The highest BCUT2D eigenvalue weighted by Gasteiger charge is 2.05. The Labute approximate surface area is 261 Å². The summed E-state index contributed by atoms with van der Waals surface area (Å²) in [7, 11) is 0. The van der Waals surface area contributed by atoms with E-state index in [4.69, 9.17) is 14.2 Å². The van der Waals surface area contributed by atoms with E-state index in [-0.39, 0.29) is 12.6 Å². The topological polar surface area (TPSA) is 136 Å². The van der Waals surface area contributed by atoms with Gasteiger partial charge in [0, 0.05) is 6.42 Å². The minimum Gasteiger partial charge on any atom is -0.482 e. The zero-order chi connectivity index (χ0) is 31.9. The number of nitrogens with zero attached hydrogens (tertiary/aromatic N) is 6. The Morgan fingerprint density at radius 1 is 0.578 bits per heavy atom. The van der Waals surface area contributed by atoms with Crippen LogP contribution in [0.15, 0.2) is 122 Å². The van der Waals surface area contributed by atoms with Crippen molar-refractivity contribution in [1.82, 2.24) is 0 Å². The van der Waals surface area contributed by atoms with Crippen LogP contribution in [0.5, 0.6) is 5.75 Å². The molecule has 0 aromatic heterocycles. The molecule has 0 bridgehead atoms. The fourth-order valence-corrected chi connectivity index (χ4v) is 3.91. The minimum atomic E-state index is -0.416. The van der Waals surface area contributed by atoms with Gasteiger partial charge < -0.3 is 14.2 Å². The van der Waals surface area contributed by atoms with E-state index in [0.29, 0.717) is 54.6 Å². The normalized spacial score (nSPS) is 11.4. The summed E-state index contributed by atoms with van der Waals surface area (Å²) in [5, 5.41) is 25.9. The molecule has 0 aliphatic heterocycles. The Morgan fingerprint density at radius 3 is 1.60 bits per heavy atom. The smallest absolute Gasteiger partial charge is 0.344 e. The van der Waals surface area contributed by atoms with Gasteiger partial charge in [-0.15, -0.1) is 0 Å². The van der Waals surface area contributed by atoms with Crippen molar-refractivity contribution in [2.45, 2.75) is 33.6 Å². The van der Waals surface area contributed by atoms with Crippen molar-refractivity contribution < 1.29 is 23.8 Å². The molecule has 230 valence electrons. The Kier molecular flexibility index (Phi) is 12.1. The van der Waals surface area contributed by atoms with Crippen molar-refractivity contribution in [1.29, 1.82) is 0 Å². The van der Waals surface area contributed by atoms with Gasteiger partial charge in [0.2, 0.25) is 0 Å². The number of rotatable bonds is 14. The summed E-state index contributed by atoms with van der Waals surface area (Å²) in [4.78, 5) is 22.9. The van der Waals surface area contributed by atoms with Gasteiger partial charge in [0.15, 0.2) is 6.61 Å². The van der Waals surface area contributed by atoms with Gasteiger partial charge in [0.05, 0.1) is 47.3 Å². The molecule has 0 unspecified atom stereocenters. The van der Waals surface area contributed by atoms with Crippen molar-refractivity contribution >= 4 is 46.1 Å². The van der Waals surface area contributed by atoms with Crippen LogP contribution in [0.4, 0.5) is 34.1 Å². The van der Waals surface area contributed by atoms with Gasteiger partial charge in [0.1, 0.15) is 5.75 Å². The molecule has 0 aliphatic carbocycles. The van der Waals surface area contributed by atoms with E-state index >= 15 is 0 Å². The van der Waals surface area contributed by atoms with Crippen LogP contribution in [0, 0.1) is 6.92 Å². The molecular weight excluding hydrogens is 572 g/mol. The van der Waals surface area contributed by atoms with E-state index < -0.39 is 5.97 Å². The molecule has 11 heteroatoms. The van der Waals surface area contributed by atoms with Crippen LogP contribution in [0.2, 0.25) is 0 Å². The molecule has 0 fully saturated rings. The minimum absolute atomic E-state index is 0.145. The lowest BCUT2D eigenvalue weighted by atomic mass is 10.1. The first-order valence-corrected chi connectivity index (χ1v) is 14.5. The number of benzene rings is 4. The maximum atomic E-state index is 11.5. The van der Waals surface area contributed by atoms with Crippen LogP contribution in [-0.2, 0) is 25.5 Å². The third kappa shape index (κ3) is 10.9. The predicted octanol–water partition coefficient (Wildman–Crippen LogP) is 9.68. The third-order valence-electron chi connectivity index (χ3n) is 6.22. The molecule has 0 aliphatic rings. The standard InChI is InChI=1S/C34H34N6O5/c1-4-43-33(41)21-8-25-6-9-26(10-7-25)37-39-30-17-20-32(24(3)22-30)40-38-28-13-11-27(12-14-28)35-36-29-15-18-31(19-16-29)45-23-34(42)44-5-2/h6-7,9-20,22H,4-5,8,21,23H2,1-3H3. The first-order chi connectivity index (χ1) is 21.9. The largest absolute Gasteiger partial charge is 0.482 e. The average Bonchev–Trinajstić information content (AvgIpc) is 3.06. The van der Waals surface area contributed by atoms with E-state index in [0.717, 1.165) is 22.5 Å². The molecule has 4 aromatic rings. The quantitative estimate of drug-likeness (QED) is 0.104. The molecule has 45 heavy (non-hydrogen) atoms. The molecule has 0 heterocycles. The van der Waals surface area contributed by atoms with Gasteiger partial charge >= 0.3 is 11.9 Å². The fourth-order valence-electron chi connectivity index (χ4n) is 3.91. The second-order valence-corrected chi connectivity index (χ2v) is 9.65. The highest BCUT2D eigenvalue weighted by Crippen LogP contribution is 2.29. The van der Waals surface area contributed by atoms with Gasteiger partial charge in [0.25, 0.3) is 0 Å². The van der Waals surface area contributed by atoms with E-state index in [1.807, 2.05) is 61.5 Å². The maximum Gasteiger partial charge on any atom is 0.344 e. The summed E-state index contributed by atoms with van der Waals surface area (Å²) in [6.07, 6.45) is 0.972. The zero-order valence-corrected chi connectivity index (χ0v) is 25.4. The lowest BCUT2D eigenvalue weighted by molar-refractivity contribution is -0.145. The van der Waals surface area contributed by atoms with Gasteiger partial charge in [-0.1, -0.05) is 12.1 Å². The number of carbonyl (C=O) groups excluding carboxylic acids is 2. The summed E-state index contributed by atoms with van der Waals surface area (Å²) in [6, 6.07) is 27.3. The van der Waals surface area contributed by atoms with E-state index in [1.54, 1.807) is 50.2 Å². The molecule has 0 saturated heterocycles. The molecule has 0 saturated carbocycles. The zero-order valence-electron chi connectivity index (χ0n) is 25.4. The Bertz CT molecular complexity index is 1650. The van der Waals surface area contributed by atoms with Crippen LogP contribution in [0.3, 0.4) is 0 Å². The fraction of sp³-hybridized carbons (Fsp3) is 0.235. The van der Waals surface area contributed by atoms with E-state index in [1.165, 1.54) is 0 Å². The van der Waals surface area contributed by atoms with Gasteiger partial charge in [-0.05, 0) is 117 Å². The molecule has 0 radical (unpaired) electrons. The number of carbonyl (C=O) groups is 2. The molecule has 0 atom stereocenters. The van der Waals surface area contributed by atoms with E-state index in [2.05, 4.69) is 30.7 Å². The monoisotopic (exact) mass is 606 g/mol. The lowest BCUT2D eigenvalue weighted by Gasteiger charge is -2.05. The van der Waals surface area contributed by atoms with Crippen LogP contribution in [-0.4, -0.2) is 31.8 Å². The molecule has 0 amide bonds. The molecule has 0 spiro atoms. The summed E-state index contributed by atoms with van der Waals surface area (Å²) in [5.41, 5.74) is 6.06. The summed E-state index contributed by atoms with van der Waals surface area (Å²) >= 11 is 0. The molecule has 0 N–H and O–H groups in total. The number of hydrogen-bond acceptors (Lipinski definition) is 11. The number of aryl methyl sites for hydroxylation is 2. The second kappa shape index (κ2) is 16.9. The first-order valence-electron chi connectivity index (χ1n) is 14.5. The second-order valence-electron chi connectivity index (χ2n) is 9.65. The predicted molar refractivity (Wildman–Crippen MR) is 170 cm³/mol. The summed E-state index contributed by atoms with van der Waals surface area (Å²) < 4.78 is 15.2. The molecule has 11 nitrogen and oxygen atoms in total. The molecule has 4 aromatic carbocycles. The first kappa shape index (κ1) is 32.3. The Balaban J connectivity index is 1.27. The van der Waals surface area contributed by atoms with Crippen molar-refractivity contribution in [2.75, 3.05) is 19.8 Å². The van der Waals surface area contributed by atoms with Gasteiger partial charge in [-0.2, -0.15) is 30.7 Å². The summed E-state index contributed by atoms with van der Waals surface area (Å²) in [5.74, 6) is -0.0726. The molecule has 4 rings (SSSR count). The number of azo groups is 3. The van der Waals surface area contributed by atoms with Gasteiger partial charge in [-0.25, -0.2) is 4.79 Å². The van der Waals surface area contributed by atoms with Crippen LogP contribution in [0.1, 0.15) is 31.4 Å². The van der Waals surface area contributed by atoms with Crippen LogP contribution >= 0.6 is 0 Å².